The monoisotopic (exact) mass is 244 g/mol. The molecule has 1 atom stereocenters. The number of pyridine rings is 1. The Morgan fingerprint density at radius 1 is 1.56 bits per heavy atom. The van der Waals surface area contributed by atoms with Crippen LogP contribution in [0, 0.1) is 0 Å². The molecule has 0 aromatic carbocycles. The molecule has 1 rings (SSSR count). The molecule has 88 valence electrons. The normalized spacial score (nSPS) is 13.3. The number of sulfonamides is 1. The van der Waals surface area contributed by atoms with Gasteiger partial charge in [0.15, 0.2) is 0 Å². The van der Waals surface area contributed by atoms with Crippen molar-refractivity contribution >= 4 is 16.0 Å². The van der Waals surface area contributed by atoms with Crippen molar-refractivity contribution in [1.29, 1.82) is 0 Å². The summed E-state index contributed by atoms with van der Waals surface area (Å²) >= 11 is 0. The molecule has 0 saturated heterocycles. The summed E-state index contributed by atoms with van der Waals surface area (Å²) in [5, 5.41) is 8.84. The largest absolute Gasteiger partial charge is 0.480 e. The molecule has 0 bridgehead atoms. The first kappa shape index (κ1) is 12.6. The molecule has 0 fully saturated rings. The predicted octanol–water partition coefficient (Wildman–Crippen LogP) is -0.374. The van der Waals surface area contributed by atoms with Crippen molar-refractivity contribution < 1.29 is 18.3 Å². The van der Waals surface area contributed by atoms with Crippen molar-refractivity contribution in [3.05, 3.63) is 30.1 Å². The lowest BCUT2D eigenvalue weighted by Gasteiger charge is -2.11. The molecular formula is C9H12N2O4S. The molecule has 0 aliphatic rings. The van der Waals surface area contributed by atoms with E-state index in [-0.39, 0.29) is 6.42 Å². The van der Waals surface area contributed by atoms with E-state index in [4.69, 9.17) is 5.11 Å². The van der Waals surface area contributed by atoms with Crippen LogP contribution in [0.3, 0.4) is 0 Å². The van der Waals surface area contributed by atoms with Crippen LogP contribution in [-0.2, 0) is 21.2 Å². The van der Waals surface area contributed by atoms with E-state index in [1.165, 1.54) is 6.20 Å². The quantitative estimate of drug-likeness (QED) is 0.736. The number of carboxylic acids is 1. The number of hydrogen-bond donors (Lipinski definition) is 2. The summed E-state index contributed by atoms with van der Waals surface area (Å²) in [5.41, 5.74) is 0.519. The maximum absolute atomic E-state index is 10.9. The molecule has 1 heterocycles. The highest BCUT2D eigenvalue weighted by molar-refractivity contribution is 7.88. The molecule has 0 aliphatic heterocycles. The maximum atomic E-state index is 10.9. The average molecular weight is 244 g/mol. The lowest BCUT2D eigenvalue weighted by molar-refractivity contribution is -0.138. The van der Waals surface area contributed by atoms with Crippen LogP contribution in [0.4, 0.5) is 0 Å². The van der Waals surface area contributed by atoms with Crippen LogP contribution >= 0.6 is 0 Å². The van der Waals surface area contributed by atoms with E-state index in [1.807, 2.05) is 4.72 Å². The lowest BCUT2D eigenvalue weighted by Crippen LogP contribution is -2.41. The van der Waals surface area contributed by atoms with Gasteiger partial charge in [-0.1, -0.05) is 6.07 Å². The summed E-state index contributed by atoms with van der Waals surface area (Å²) < 4.78 is 23.9. The Morgan fingerprint density at radius 2 is 2.25 bits per heavy atom. The second kappa shape index (κ2) is 5.04. The number of rotatable bonds is 5. The Kier molecular flexibility index (Phi) is 3.97. The third-order valence-electron chi connectivity index (χ3n) is 1.79. The third kappa shape index (κ3) is 4.37. The third-order valence-corrected chi connectivity index (χ3v) is 2.51. The van der Waals surface area contributed by atoms with Gasteiger partial charge < -0.3 is 5.11 Å². The van der Waals surface area contributed by atoms with E-state index in [9.17, 15) is 13.2 Å². The number of nitrogens with zero attached hydrogens (tertiary/aromatic N) is 1. The van der Waals surface area contributed by atoms with Gasteiger partial charge in [-0.15, -0.1) is 0 Å². The fourth-order valence-electron chi connectivity index (χ4n) is 1.17. The van der Waals surface area contributed by atoms with Crippen LogP contribution in [0.1, 0.15) is 5.69 Å². The zero-order valence-corrected chi connectivity index (χ0v) is 9.44. The molecule has 2 N–H and O–H groups in total. The van der Waals surface area contributed by atoms with Gasteiger partial charge >= 0.3 is 5.97 Å². The Morgan fingerprint density at radius 3 is 2.69 bits per heavy atom. The summed E-state index contributed by atoms with van der Waals surface area (Å²) in [6.45, 7) is 0. The molecule has 0 saturated carbocycles. The fourth-order valence-corrected chi connectivity index (χ4v) is 1.87. The van der Waals surface area contributed by atoms with E-state index >= 15 is 0 Å². The van der Waals surface area contributed by atoms with Crippen molar-refractivity contribution in [3.8, 4) is 0 Å². The predicted molar refractivity (Wildman–Crippen MR) is 57.3 cm³/mol. The van der Waals surface area contributed by atoms with Crippen LogP contribution in [0.2, 0.25) is 0 Å². The molecule has 16 heavy (non-hydrogen) atoms. The Labute approximate surface area is 93.4 Å². The van der Waals surface area contributed by atoms with E-state index < -0.39 is 22.0 Å². The van der Waals surface area contributed by atoms with Crippen molar-refractivity contribution in [1.82, 2.24) is 9.71 Å². The Bertz CT molecular complexity index is 458. The number of aliphatic carboxylic acids is 1. The van der Waals surface area contributed by atoms with Crippen LogP contribution in [-0.4, -0.2) is 36.8 Å². The molecule has 0 unspecified atom stereocenters. The number of carboxylic acid groups (broad SMARTS) is 1. The van der Waals surface area contributed by atoms with Gasteiger partial charge in [0.05, 0.1) is 6.26 Å². The highest BCUT2D eigenvalue weighted by atomic mass is 32.2. The molecule has 0 radical (unpaired) electrons. The summed E-state index contributed by atoms with van der Waals surface area (Å²) in [6.07, 6.45) is 2.46. The molecule has 1 aromatic rings. The van der Waals surface area contributed by atoms with Gasteiger partial charge in [0.1, 0.15) is 6.04 Å². The molecule has 0 spiro atoms. The second-order valence-electron chi connectivity index (χ2n) is 3.31. The Balaban J connectivity index is 2.77. The smallest absolute Gasteiger partial charge is 0.322 e. The first-order valence-electron chi connectivity index (χ1n) is 4.48. The molecule has 0 aliphatic carbocycles. The van der Waals surface area contributed by atoms with Gasteiger partial charge in [0.2, 0.25) is 10.0 Å². The summed E-state index contributed by atoms with van der Waals surface area (Å²) in [6, 6.07) is 3.86. The minimum absolute atomic E-state index is 0.0171. The van der Waals surface area contributed by atoms with Crippen LogP contribution < -0.4 is 4.72 Å². The highest BCUT2D eigenvalue weighted by Gasteiger charge is 2.21. The van der Waals surface area contributed by atoms with E-state index in [2.05, 4.69) is 4.98 Å². The first-order valence-corrected chi connectivity index (χ1v) is 6.37. The van der Waals surface area contributed by atoms with Crippen LogP contribution in [0.15, 0.2) is 24.4 Å². The Hall–Kier alpha value is -1.47. The molecule has 7 heteroatoms. The van der Waals surface area contributed by atoms with E-state index in [1.54, 1.807) is 18.2 Å². The summed E-state index contributed by atoms with van der Waals surface area (Å²) in [5.74, 6) is -1.23. The van der Waals surface area contributed by atoms with Gasteiger partial charge in [-0.3, -0.25) is 9.78 Å². The van der Waals surface area contributed by atoms with Crippen molar-refractivity contribution in [2.45, 2.75) is 12.5 Å². The number of hydrogen-bond acceptors (Lipinski definition) is 4. The summed E-state index contributed by atoms with van der Waals surface area (Å²) in [7, 11) is -3.55. The summed E-state index contributed by atoms with van der Waals surface area (Å²) in [4.78, 5) is 14.8. The standard InChI is InChI=1S/C9H12N2O4S/c1-16(14,15)11-8(9(12)13)6-7-4-2-3-5-10-7/h2-5,8,11H,6H2,1H3,(H,12,13)/t8-/m1/s1. The maximum Gasteiger partial charge on any atom is 0.322 e. The topological polar surface area (TPSA) is 96.4 Å². The molecule has 6 nitrogen and oxygen atoms in total. The van der Waals surface area contributed by atoms with Crippen molar-refractivity contribution in [2.75, 3.05) is 6.26 Å². The lowest BCUT2D eigenvalue weighted by atomic mass is 10.1. The molecular weight excluding hydrogens is 232 g/mol. The van der Waals surface area contributed by atoms with E-state index in [0.717, 1.165) is 6.26 Å². The minimum atomic E-state index is -3.55. The first-order chi connectivity index (χ1) is 7.38. The van der Waals surface area contributed by atoms with Crippen LogP contribution in [0.25, 0.3) is 0 Å². The van der Waals surface area contributed by atoms with Gasteiger partial charge in [-0.25, -0.2) is 13.1 Å². The van der Waals surface area contributed by atoms with Gasteiger partial charge in [0, 0.05) is 18.3 Å². The molecule has 1 aromatic heterocycles. The minimum Gasteiger partial charge on any atom is -0.480 e. The van der Waals surface area contributed by atoms with Crippen LogP contribution in [0.5, 0.6) is 0 Å². The van der Waals surface area contributed by atoms with Gasteiger partial charge in [-0.2, -0.15) is 0 Å². The molecule has 0 amide bonds. The van der Waals surface area contributed by atoms with Crippen molar-refractivity contribution in [3.63, 3.8) is 0 Å². The second-order valence-corrected chi connectivity index (χ2v) is 5.09. The zero-order chi connectivity index (χ0) is 12.2. The number of aromatic nitrogens is 1. The van der Waals surface area contributed by atoms with Gasteiger partial charge in [0.25, 0.3) is 0 Å². The average Bonchev–Trinajstić information content (AvgIpc) is 2.16. The fraction of sp³-hybridized carbons (Fsp3) is 0.333. The zero-order valence-electron chi connectivity index (χ0n) is 8.62. The van der Waals surface area contributed by atoms with Gasteiger partial charge in [-0.05, 0) is 12.1 Å². The van der Waals surface area contributed by atoms with Crippen molar-refractivity contribution in [2.24, 2.45) is 0 Å². The SMILES string of the molecule is CS(=O)(=O)N[C@H](Cc1ccccn1)C(=O)O. The van der Waals surface area contributed by atoms with E-state index in [0.29, 0.717) is 5.69 Å². The highest BCUT2D eigenvalue weighted by Crippen LogP contribution is 2.00. The number of carbonyl (C=O) groups is 1. The number of nitrogens with one attached hydrogen (secondary N) is 1.